The van der Waals surface area contributed by atoms with Crippen molar-refractivity contribution in [1.29, 1.82) is 0 Å². The minimum absolute atomic E-state index is 0.0262. The minimum Gasteiger partial charge on any atom is -0.368 e. The monoisotopic (exact) mass is 491 g/mol. The molecule has 36 heavy (non-hydrogen) atoms. The van der Waals surface area contributed by atoms with Gasteiger partial charge in [0.05, 0.1) is 0 Å². The van der Waals surface area contributed by atoms with Crippen LogP contribution in [0.25, 0.3) is 0 Å². The van der Waals surface area contributed by atoms with E-state index in [4.69, 9.17) is 0 Å². The van der Waals surface area contributed by atoms with E-state index in [0.29, 0.717) is 25.3 Å². The maximum Gasteiger partial charge on any atom is 0.317 e. The number of anilines is 2. The number of carbonyl (C=O) groups is 3. The van der Waals surface area contributed by atoms with Crippen molar-refractivity contribution in [1.82, 2.24) is 15.1 Å². The molecule has 0 radical (unpaired) electrons. The lowest BCUT2D eigenvalue weighted by Crippen LogP contribution is -2.55. The molecule has 0 aromatic heterocycles. The first-order valence-corrected chi connectivity index (χ1v) is 12.7. The summed E-state index contributed by atoms with van der Waals surface area (Å²) in [4.78, 5) is 43.7. The van der Waals surface area contributed by atoms with Crippen molar-refractivity contribution < 1.29 is 14.4 Å². The summed E-state index contributed by atoms with van der Waals surface area (Å²) in [7, 11) is 0. The van der Waals surface area contributed by atoms with Gasteiger partial charge in [-0.25, -0.2) is 4.79 Å². The Morgan fingerprint density at radius 2 is 1.56 bits per heavy atom. The highest BCUT2D eigenvalue weighted by atomic mass is 16.2. The van der Waals surface area contributed by atoms with Crippen LogP contribution in [0.1, 0.15) is 39.2 Å². The topological polar surface area (TPSA) is 85.0 Å². The molecule has 1 saturated carbocycles. The van der Waals surface area contributed by atoms with E-state index in [1.54, 1.807) is 4.90 Å². The lowest BCUT2D eigenvalue weighted by atomic mass is 10.1. The molecule has 0 atom stereocenters. The molecule has 0 bridgehead atoms. The van der Waals surface area contributed by atoms with Crippen LogP contribution in [0.4, 0.5) is 16.2 Å². The van der Waals surface area contributed by atoms with Gasteiger partial charge in [-0.1, -0.05) is 30.3 Å². The quantitative estimate of drug-likeness (QED) is 0.619. The SMILES string of the molecule is CC(C)(C)NC(=O)N1CCN(c2ccc(NC(=O)CN(Cc3ccccc3)C(=O)C3CC3)cc2)CC1. The fraction of sp³-hybridized carbons (Fsp3) is 0.464. The summed E-state index contributed by atoms with van der Waals surface area (Å²) >= 11 is 0. The predicted molar refractivity (Wildman–Crippen MR) is 142 cm³/mol. The van der Waals surface area contributed by atoms with Gasteiger partial charge in [-0.3, -0.25) is 9.59 Å². The van der Waals surface area contributed by atoms with Crippen LogP contribution in [-0.2, 0) is 16.1 Å². The summed E-state index contributed by atoms with van der Waals surface area (Å²) in [6.07, 6.45) is 1.81. The molecule has 2 aromatic rings. The predicted octanol–water partition coefficient (Wildman–Crippen LogP) is 3.69. The molecule has 1 saturated heterocycles. The lowest BCUT2D eigenvalue weighted by molar-refractivity contribution is -0.136. The van der Waals surface area contributed by atoms with Crippen molar-refractivity contribution in [2.24, 2.45) is 5.92 Å². The zero-order valence-corrected chi connectivity index (χ0v) is 21.5. The Labute approximate surface area is 213 Å². The van der Waals surface area contributed by atoms with E-state index in [-0.39, 0.29) is 35.8 Å². The maximum atomic E-state index is 12.8. The lowest BCUT2D eigenvalue weighted by Gasteiger charge is -2.37. The van der Waals surface area contributed by atoms with Crippen molar-refractivity contribution in [3.8, 4) is 0 Å². The number of benzene rings is 2. The standard InChI is InChI=1S/C28H37N5O3/c1-28(2,3)30-27(36)32-17-15-31(16-18-32)24-13-11-23(12-14-24)29-25(34)20-33(26(35)22-9-10-22)19-21-7-5-4-6-8-21/h4-8,11-14,22H,9-10,15-20H2,1-3H3,(H,29,34)(H,30,36). The molecule has 1 aliphatic carbocycles. The van der Waals surface area contributed by atoms with Crippen molar-refractivity contribution in [3.05, 3.63) is 60.2 Å². The third-order valence-corrected chi connectivity index (χ3v) is 6.35. The second-order valence-electron chi connectivity index (χ2n) is 10.7. The molecular weight excluding hydrogens is 454 g/mol. The second kappa shape index (κ2) is 11.0. The molecule has 4 rings (SSSR count). The van der Waals surface area contributed by atoms with Gasteiger partial charge in [0.25, 0.3) is 0 Å². The van der Waals surface area contributed by atoms with Gasteiger partial charge in [-0.05, 0) is 63.4 Å². The average molecular weight is 492 g/mol. The van der Waals surface area contributed by atoms with Crippen LogP contribution >= 0.6 is 0 Å². The first kappa shape index (κ1) is 25.5. The van der Waals surface area contributed by atoms with Crippen LogP contribution in [0.2, 0.25) is 0 Å². The fourth-order valence-electron chi connectivity index (χ4n) is 4.30. The zero-order chi connectivity index (χ0) is 25.7. The molecule has 2 aliphatic rings. The summed E-state index contributed by atoms with van der Waals surface area (Å²) in [5, 5.41) is 5.95. The number of nitrogens with one attached hydrogen (secondary N) is 2. The summed E-state index contributed by atoms with van der Waals surface area (Å²) < 4.78 is 0. The van der Waals surface area contributed by atoms with E-state index in [2.05, 4.69) is 15.5 Å². The summed E-state index contributed by atoms with van der Waals surface area (Å²) in [5.41, 5.74) is 2.52. The van der Waals surface area contributed by atoms with Gasteiger partial charge in [0.1, 0.15) is 6.54 Å². The Hall–Kier alpha value is -3.55. The Bertz CT molecular complexity index is 1050. The van der Waals surface area contributed by atoms with Crippen molar-refractivity contribution in [2.75, 3.05) is 42.9 Å². The van der Waals surface area contributed by atoms with Gasteiger partial charge in [-0.15, -0.1) is 0 Å². The van der Waals surface area contributed by atoms with E-state index >= 15 is 0 Å². The van der Waals surface area contributed by atoms with Crippen LogP contribution in [0, 0.1) is 5.92 Å². The molecular formula is C28H37N5O3. The molecule has 192 valence electrons. The van der Waals surface area contributed by atoms with Crippen LogP contribution in [-0.4, -0.2) is 65.9 Å². The van der Waals surface area contributed by atoms with E-state index in [1.807, 2.05) is 80.3 Å². The molecule has 8 nitrogen and oxygen atoms in total. The van der Waals surface area contributed by atoms with Gasteiger partial charge in [0, 0.05) is 55.6 Å². The molecule has 2 fully saturated rings. The van der Waals surface area contributed by atoms with Crippen LogP contribution in [0.3, 0.4) is 0 Å². The van der Waals surface area contributed by atoms with Gasteiger partial charge < -0.3 is 25.3 Å². The number of hydrogen-bond acceptors (Lipinski definition) is 4. The van der Waals surface area contributed by atoms with E-state index in [9.17, 15) is 14.4 Å². The first-order chi connectivity index (χ1) is 17.2. The van der Waals surface area contributed by atoms with Gasteiger partial charge in [-0.2, -0.15) is 0 Å². The van der Waals surface area contributed by atoms with Crippen LogP contribution < -0.4 is 15.5 Å². The minimum atomic E-state index is -0.252. The highest BCUT2D eigenvalue weighted by Gasteiger charge is 2.34. The number of urea groups is 1. The van der Waals surface area contributed by atoms with Crippen LogP contribution in [0.15, 0.2) is 54.6 Å². The Kier molecular flexibility index (Phi) is 7.82. The van der Waals surface area contributed by atoms with E-state index in [1.165, 1.54) is 0 Å². The third kappa shape index (κ3) is 7.23. The van der Waals surface area contributed by atoms with Crippen LogP contribution in [0.5, 0.6) is 0 Å². The van der Waals surface area contributed by atoms with E-state index in [0.717, 1.165) is 37.2 Å². The molecule has 2 N–H and O–H groups in total. The highest BCUT2D eigenvalue weighted by Crippen LogP contribution is 2.31. The average Bonchev–Trinajstić information content (AvgIpc) is 3.69. The van der Waals surface area contributed by atoms with E-state index < -0.39 is 0 Å². The third-order valence-electron chi connectivity index (χ3n) is 6.35. The zero-order valence-electron chi connectivity index (χ0n) is 21.5. The van der Waals surface area contributed by atoms with Crippen molar-refractivity contribution >= 4 is 29.2 Å². The molecule has 4 amide bonds. The largest absolute Gasteiger partial charge is 0.368 e. The number of carbonyl (C=O) groups excluding carboxylic acids is 3. The summed E-state index contributed by atoms with van der Waals surface area (Å²) in [6.45, 7) is 9.22. The van der Waals surface area contributed by atoms with Gasteiger partial charge in [0.2, 0.25) is 11.8 Å². The number of hydrogen-bond donors (Lipinski definition) is 2. The fourth-order valence-corrected chi connectivity index (χ4v) is 4.30. The molecule has 0 spiro atoms. The highest BCUT2D eigenvalue weighted by molar-refractivity contribution is 5.95. The Morgan fingerprint density at radius 3 is 2.14 bits per heavy atom. The van der Waals surface area contributed by atoms with Gasteiger partial charge >= 0.3 is 6.03 Å². The van der Waals surface area contributed by atoms with Crippen molar-refractivity contribution in [3.63, 3.8) is 0 Å². The molecule has 1 aliphatic heterocycles. The molecule has 2 aromatic carbocycles. The number of nitrogens with zero attached hydrogens (tertiary/aromatic N) is 3. The molecule has 1 heterocycles. The number of rotatable bonds is 7. The summed E-state index contributed by atoms with van der Waals surface area (Å²) in [6, 6.07) is 17.5. The maximum absolute atomic E-state index is 12.8. The first-order valence-electron chi connectivity index (χ1n) is 12.7. The summed E-state index contributed by atoms with van der Waals surface area (Å²) in [5.74, 6) is -0.0911. The Morgan fingerprint density at radius 1 is 0.917 bits per heavy atom. The van der Waals surface area contributed by atoms with Crippen molar-refractivity contribution in [2.45, 2.75) is 45.7 Å². The number of amides is 4. The Balaban J connectivity index is 1.29. The smallest absolute Gasteiger partial charge is 0.317 e. The molecule has 0 unspecified atom stereocenters. The second-order valence-corrected chi connectivity index (χ2v) is 10.7. The number of piperazine rings is 1. The normalized spacial score (nSPS) is 15.9. The van der Waals surface area contributed by atoms with Gasteiger partial charge in [0.15, 0.2) is 0 Å². The molecule has 8 heteroatoms.